The van der Waals surface area contributed by atoms with Gasteiger partial charge in [0, 0.05) is 11.5 Å². The Bertz CT molecular complexity index is 410. The summed E-state index contributed by atoms with van der Waals surface area (Å²) in [6, 6.07) is 10.1. The molecule has 0 spiro atoms. The highest BCUT2D eigenvalue weighted by atomic mass is 16.5. The zero-order valence-corrected chi connectivity index (χ0v) is 16.4. The van der Waals surface area contributed by atoms with Crippen LogP contribution in [-0.4, -0.2) is 11.6 Å². The van der Waals surface area contributed by atoms with Gasteiger partial charge in [-0.2, -0.15) is 0 Å². The second-order valence-corrected chi connectivity index (χ2v) is 7.83. The average molecular weight is 334 g/mol. The highest BCUT2D eigenvalue weighted by molar-refractivity contribution is 5.21. The molecule has 24 heavy (non-hydrogen) atoms. The molecule has 1 rings (SSSR count). The van der Waals surface area contributed by atoms with E-state index in [-0.39, 0.29) is 11.6 Å². The van der Waals surface area contributed by atoms with Gasteiger partial charge < -0.3 is 10.5 Å². The highest BCUT2D eigenvalue weighted by Crippen LogP contribution is 2.27. The molecule has 0 aliphatic carbocycles. The summed E-state index contributed by atoms with van der Waals surface area (Å²) in [7, 11) is 0. The molecule has 0 aliphatic heterocycles. The number of nitrogens with two attached hydrogens (primary N) is 1. The second kappa shape index (κ2) is 11.5. The van der Waals surface area contributed by atoms with Crippen molar-refractivity contribution in [2.45, 2.75) is 97.1 Å². The number of para-hydroxylation sites is 1. The van der Waals surface area contributed by atoms with E-state index in [4.69, 9.17) is 10.5 Å². The van der Waals surface area contributed by atoms with Crippen LogP contribution in [0.5, 0.6) is 5.75 Å². The predicted octanol–water partition coefficient (Wildman–Crippen LogP) is 6.34. The molecule has 0 radical (unpaired) electrons. The van der Waals surface area contributed by atoms with Crippen molar-refractivity contribution in [1.29, 1.82) is 0 Å². The highest BCUT2D eigenvalue weighted by Gasteiger charge is 2.31. The molecule has 0 saturated carbocycles. The van der Waals surface area contributed by atoms with Crippen LogP contribution in [0.25, 0.3) is 0 Å². The summed E-state index contributed by atoms with van der Waals surface area (Å²) in [6.45, 7) is 8.70. The molecular formula is C22H39NO. The molecule has 0 aliphatic rings. The number of hydrogen-bond donors (Lipinski definition) is 1. The smallest absolute Gasteiger partial charge is 0.119 e. The molecule has 2 heteroatoms. The summed E-state index contributed by atoms with van der Waals surface area (Å²) in [4.78, 5) is 0. The van der Waals surface area contributed by atoms with E-state index < -0.39 is 0 Å². The molecule has 138 valence electrons. The Hall–Kier alpha value is -1.02. The third-order valence-electron chi connectivity index (χ3n) is 4.96. The van der Waals surface area contributed by atoms with Gasteiger partial charge in [0.1, 0.15) is 11.9 Å². The molecule has 0 saturated heterocycles. The summed E-state index contributed by atoms with van der Waals surface area (Å²) in [5.74, 6) is 1.31. The first-order valence-electron chi connectivity index (χ1n) is 9.95. The topological polar surface area (TPSA) is 35.2 Å². The fourth-order valence-corrected chi connectivity index (χ4v) is 3.51. The largest absolute Gasteiger partial charge is 0.490 e. The van der Waals surface area contributed by atoms with Gasteiger partial charge in [0.15, 0.2) is 0 Å². The van der Waals surface area contributed by atoms with Gasteiger partial charge in [-0.25, -0.2) is 0 Å². The molecule has 2 atom stereocenters. The van der Waals surface area contributed by atoms with Crippen LogP contribution in [0.2, 0.25) is 0 Å². The van der Waals surface area contributed by atoms with Crippen LogP contribution in [0.3, 0.4) is 0 Å². The predicted molar refractivity (Wildman–Crippen MR) is 106 cm³/mol. The van der Waals surface area contributed by atoms with Gasteiger partial charge in [-0.05, 0) is 39.3 Å². The van der Waals surface area contributed by atoms with Gasteiger partial charge in [0.25, 0.3) is 0 Å². The van der Waals surface area contributed by atoms with Crippen molar-refractivity contribution in [3.05, 3.63) is 30.3 Å². The Morgan fingerprint density at radius 1 is 0.917 bits per heavy atom. The van der Waals surface area contributed by atoms with E-state index in [1.54, 1.807) is 0 Å². The number of benzene rings is 1. The van der Waals surface area contributed by atoms with Gasteiger partial charge in [-0.15, -0.1) is 0 Å². The molecule has 2 unspecified atom stereocenters. The van der Waals surface area contributed by atoms with Crippen LogP contribution >= 0.6 is 0 Å². The van der Waals surface area contributed by atoms with Crippen LogP contribution in [-0.2, 0) is 0 Å². The maximum Gasteiger partial charge on any atom is 0.119 e. The van der Waals surface area contributed by atoms with Crippen molar-refractivity contribution >= 4 is 0 Å². The first-order valence-corrected chi connectivity index (χ1v) is 9.95. The van der Waals surface area contributed by atoms with Crippen LogP contribution < -0.4 is 10.5 Å². The summed E-state index contributed by atoms with van der Waals surface area (Å²) in [5, 5.41) is 0. The molecule has 1 aromatic rings. The van der Waals surface area contributed by atoms with E-state index >= 15 is 0 Å². The molecule has 0 fully saturated rings. The van der Waals surface area contributed by atoms with E-state index in [0.717, 1.165) is 12.2 Å². The van der Waals surface area contributed by atoms with Gasteiger partial charge in [0.2, 0.25) is 0 Å². The van der Waals surface area contributed by atoms with E-state index in [9.17, 15) is 0 Å². The monoisotopic (exact) mass is 333 g/mol. The average Bonchev–Trinajstić information content (AvgIpc) is 2.53. The number of rotatable bonds is 13. The zero-order chi connectivity index (χ0) is 17.8. The minimum atomic E-state index is -0.213. The second-order valence-electron chi connectivity index (χ2n) is 7.83. The third kappa shape index (κ3) is 8.73. The van der Waals surface area contributed by atoms with E-state index in [2.05, 4.69) is 27.7 Å². The van der Waals surface area contributed by atoms with Crippen molar-refractivity contribution in [1.82, 2.24) is 0 Å². The van der Waals surface area contributed by atoms with Gasteiger partial charge in [-0.1, -0.05) is 76.5 Å². The number of ether oxygens (including phenoxy) is 1. The minimum Gasteiger partial charge on any atom is -0.490 e. The van der Waals surface area contributed by atoms with E-state index in [1.165, 1.54) is 51.4 Å². The molecule has 0 amide bonds. The summed E-state index contributed by atoms with van der Waals surface area (Å²) in [5.41, 5.74) is 6.24. The normalized spacial score (nSPS) is 14.4. The summed E-state index contributed by atoms with van der Waals surface area (Å²) in [6.07, 6.45) is 12.1. The Morgan fingerprint density at radius 2 is 1.46 bits per heavy atom. The number of unbranched alkanes of at least 4 members (excludes halogenated alkanes) is 7. The Kier molecular flexibility index (Phi) is 10.1. The fourth-order valence-electron chi connectivity index (χ4n) is 3.51. The van der Waals surface area contributed by atoms with E-state index in [1.807, 2.05) is 30.3 Å². The lowest BCUT2D eigenvalue weighted by molar-refractivity contribution is 0.0973. The Labute approximate surface area is 150 Å². The third-order valence-corrected chi connectivity index (χ3v) is 4.96. The molecule has 2 N–H and O–H groups in total. The molecule has 0 heterocycles. The zero-order valence-electron chi connectivity index (χ0n) is 16.4. The van der Waals surface area contributed by atoms with Crippen LogP contribution in [0, 0.1) is 5.92 Å². The lowest BCUT2D eigenvalue weighted by Crippen LogP contribution is -2.47. The first-order chi connectivity index (χ1) is 11.4. The first kappa shape index (κ1) is 21.0. The van der Waals surface area contributed by atoms with Crippen LogP contribution in [0.4, 0.5) is 0 Å². The lowest BCUT2D eigenvalue weighted by Gasteiger charge is -2.35. The standard InChI is InChI=1S/C22H39NO/c1-5-6-7-8-9-10-11-15-18-21(22(3,4)23)19(2)24-20-16-13-12-14-17-20/h12-14,16-17,19,21H,5-11,15,18,23H2,1-4H3. The van der Waals surface area contributed by atoms with E-state index in [0.29, 0.717) is 5.92 Å². The Morgan fingerprint density at radius 3 is 2.00 bits per heavy atom. The molecule has 1 aromatic carbocycles. The maximum absolute atomic E-state index is 6.45. The Balaban J connectivity index is 2.34. The van der Waals surface area contributed by atoms with Crippen molar-refractivity contribution in [3.63, 3.8) is 0 Å². The number of hydrogen-bond acceptors (Lipinski definition) is 2. The SMILES string of the molecule is CCCCCCCCCCC(C(C)Oc1ccccc1)C(C)(C)N. The van der Waals surface area contributed by atoms with Crippen LogP contribution in [0.1, 0.15) is 85.5 Å². The molecular weight excluding hydrogens is 294 g/mol. The maximum atomic E-state index is 6.45. The van der Waals surface area contributed by atoms with Gasteiger partial charge in [-0.3, -0.25) is 0 Å². The summed E-state index contributed by atoms with van der Waals surface area (Å²) < 4.78 is 6.15. The molecule has 0 aromatic heterocycles. The van der Waals surface area contributed by atoms with Crippen molar-refractivity contribution < 1.29 is 4.74 Å². The van der Waals surface area contributed by atoms with Crippen LogP contribution in [0.15, 0.2) is 30.3 Å². The lowest BCUT2D eigenvalue weighted by atomic mass is 9.80. The van der Waals surface area contributed by atoms with Gasteiger partial charge >= 0.3 is 0 Å². The molecule has 2 nitrogen and oxygen atoms in total. The minimum absolute atomic E-state index is 0.136. The quantitative estimate of drug-likeness (QED) is 0.428. The van der Waals surface area contributed by atoms with Crippen molar-refractivity contribution in [2.24, 2.45) is 11.7 Å². The molecule has 0 bridgehead atoms. The fraction of sp³-hybridized carbons (Fsp3) is 0.727. The summed E-state index contributed by atoms with van der Waals surface area (Å²) >= 11 is 0. The van der Waals surface area contributed by atoms with Gasteiger partial charge in [0.05, 0.1) is 0 Å². The van der Waals surface area contributed by atoms with Crippen molar-refractivity contribution in [3.8, 4) is 5.75 Å². The van der Waals surface area contributed by atoms with Crippen molar-refractivity contribution in [2.75, 3.05) is 0 Å².